The second-order valence-corrected chi connectivity index (χ2v) is 11.6. The first-order valence-corrected chi connectivity index (χ1v) is 15.2. The summed E-state index contributed by atoms with van der Waals surface area (Å²) in [6.07, 6.45) is 1.91. The van der Waals surface area contributed by atoms with Crippen LogP contribution in [-0.4, -0.2) is 63.7 Å². The number of hydrogen-bond acceptors (Lipinski definition) is 6. The first-order valence-electron chi connectivity index (χ1n) is 13.4. The average Bonchev–Trinajstić information content (AvgIpc) is 2.97. The Labute approximate surface area is 239 Å². The van der Waals surface area contributed by atoms with Gasteiger partial charge >= 0.3 is 0 Å². The summed E-state index contributed by atoms with van der Waals surface area (Å²) in [5.41, 5.74) is 1.64. The molecule has 0 saturated carbocycles. The van der Waals surface area contributed by atoms with Crippen LogP contribution in [-0.2, 0) is 32.6 Å². The number of carbonyl (C=O) groups is 2. The smallest absolute Gasteiger partial charge is 0.244 e. The number of anilines is 1. The summed E-state index contributed by atoms with van der Waals surface area (Å²) in [7, 11) is -3.93. The van der Waals surface area contributed by atoms with Crippen LogP contribution in [0.3, 0.4) is 0 Å². The van der Waals surface area contributed by atoms with Gasteiger partial charge in [-0.15, -0.1) is 0 Å². The van der Waals surface area contributed by atoms with E-state index in [1.165, 1.54) is 35.2 Å². The molecule has 0 radical (unpaired) electrons. The van der Waals surface area contributed by atoms with Crippen molar-refractivity contribution in [3.63, 3.8) is 0 Å². The molecule has 1 aliphatic heterocycles. The summed E-state index contributed by atoms with van der Waals surface area (Å²) in [5, 5.41) is 2.88. The van der Waals surface area contributed by atoms with Crippen molar-refractivity contribution in [2.24, 2.45) is 0 Å². The molecule has 0 spiro atoms. The highest BCUT2D eigenvalue weighted by Gasteiger charge is 2.33. The maximum atomic E-state index is 14.1. The van der Waals surface area contributed by atoms with E-state index in [9.17, 15) is 22.4 Å². The van der Waals surface area contributed by atoms with Crippen LogP contribution in [0.25, 0.3) is 0 Å². The van der Waals surface area contributed by atoms with E-state index in [1.807, 2.05) is 37.3 Å². The molecule has 1 N–H and O–H groups in total. The van der Waals surface area contributed by atoms with Gasteiger partial charge in [0, 0.05) is 25.6 Å². The highest BCUT2D eigenvalue weighted by molar-refractivity contribution is 7.92. The molecule has 218 valence electrons. The number of nitrogens with zero attached hydrogens (tertiary/aromatic N) is 2. The van der Waals surface area contributed by atoms with E-state index in [0.29, 0.717) is 43.2 Å². The van der Waals surface area contributed by atoms with E-state index in [2.05, 4.69) is 5.32 Å². The maximum absolute atomic E-state index is 14.1. The maximum Gasteiger partial charge on any atom is 0.244 e. The minimum absolute atomic E-state index is 0.0328. The summed E-state index contributed by atoms with van der Waals surface area (Å²) in [6.45, 7) is 2.43. The lowest BCUT2D eigenvalue weighted by Crippen LogP contribution is -2.53. The van der Waals surface area contributed by atoms with E-state index in [-0.39, 0.29) is 24.6 Å². The minimum Gasteiger partial charge on any atom is -0.486 e. The summed E-state index contributed by atoms with van der Waals surface area (Å²) in [4.78, 5) is 28.9. The van der Waals surface area contributed by atoms with Crippen LogP contribution >= 0.6 is 0 Å². The summed E-state index contributed by atoms with van der Waals surface area (Å²) >= 11 is 0. The Hall–Kier alpha value is -4.12. The molecule has 0 saturated heterocycles. The minimum atomic E-state index is -3.93. The number of amides is 2. The quantitative estimate of drug-likeness (QED) is 0.350. The molecule has 11 heteroatoms. The monoisotopic (exact) mass is 583 g/mol. The van der Waals surface area contributed by atoms with Gasteiger partial charge in [0.25, 0.3) is 0 Å². The lowest BCUT2D eigenvalue weighted by molar-refractivity contribution is -0.140. The number of nitrogens with one attached hydrogen (secondary N) is 1. The Balaban J connectivity index is 1.71. The zero-order valence-corrected chi connectivity index (χ0v) is 23.9. The lowest BCUT2D eigenvalue weighted by Gasteiger charge is -2.33. The number of halogens is 1. The number of carbonyl (C=O) groups excluding carboxylic acids is 2. The van der Waals surface area contributed by atoms with Crippen LogP contribution in [0.2, 0.25) is 0 Å². The fourth-order valence-corrected chi connectivity index (χ4v) is 5.35. The average molecular weight is 584 g/mol. The standard InChI is InChI=1S/C30H34FN3O6S/c1-3-15-32-30(36)26(18-22-7-5-4-6-8-22)33(20-23-9-11-24(31)12-10-23)29(35)21-34(41(2,37)38)25-13-14-27-28(19-25)40-17-16-39-27/h4-14,19,26H,3,15-18,20-21H2,1-2H3,(H,32,36)/t26-/m0/s1. The second-order valence-electron chi connectivity index (χ2n) is 9.74. The Morgan fingerprint density at radius 2 is 1.63 bits per heavy atom. The predicted molar refractivity (Wildman–Crippen MR) is 154 cm³/mol. The largest absolute Gasteiger partial charge is 0.486 e. The Morgan fingerprint density at radius 1 is 0.951 bits per heavy atom. The SMILES string of the molecule is CCCNC(=O)[C@H](Cc1ccccc1)N(Cc1ccc(F)cc1)C(=O)CN(c1ccc2c(c1)OCCO2)S(C)(=O)=O. The molecule has 3 aromatic rings. The third kappa shape index (κ3) is 7.97. The first-order chi connectivity index (χ1) is 19.7. The van der Waals surface area contributed by atoms with Crippen LogP contribution in [0.4, 0.5) is 10.1 Å². The molecule has 0 aromatic heterocycles. The number of fused-ring (bicyclic) bond motifs is 1. The zero-order chi connectivity index (χ0) is 29.4. The molecule has 41 heavy (non-hydrogen) atoms. The van der Waals surface area contributed by atoms with Gasteiger partial charge in [0.1, 0.15) is 31.6 Å². The van der Waals surface area contributed by atoms with Crippen LogP contribution in [0, 0.1) is 5.82 Å². The molecule has 4 rings (SSSR count). The van der Waals surface area contributed by atoms with Gasteiger partial charge in [0.2, 0.25) is 21.8 Å². The Morgan fingerprint density at radius 3 is 2.29 bits per heavy atom. The first kappa shape index (κ1) is 29.9. The number of ether oxygens (including phenoxy) is 2. The van der Waals surface area contributed by atoms with Crippen molar-refractivity contribution in [1.82, 2.24) is 10.2 Å². The highest BCUT2D eigenvalue weighted by Crippen LogP contribution is 2.34. The molecule has 9 nitrogen and oxygen atoms in total. The normalized spacial score (nSPS) is 13.2. The van der Waals surface area contributed by atoms with Gasteiger partial charge in [-0.3, -0.25) is 13.9 Å². The van der Waals surface area contributed by atoms with Crippen LogP contribution in [0.15, 0.2) is 72.8 Å². The molecule has 1 atom stereocenters. The zero-order valence-electron chi connectivity index (χ0n) is 23.1. The van der Waals surface area contributed by atoms with Crippen molar-refractivity contribution in [2.75, 3.05) is 36.9 Å². The second kappa shape index (κ2) is 13.5. The Kier molecular flexibility index (Phi) is 9.82. The summed E-state index contributed by atoms with van der Waals surface area (Å²) < 4.78 is 51.7. The number of rotatable bonds is 12. The van der Waals surface area contributed by atoms with Crippen molar-refractivity contribution >= 4 is 27.5 Å². The molecule has 1 heterocycles. The summed E-state index contributed by atoms with van der Waals surface area (Å²) in [6, 6.07) is 18.6. The predicted octanol–water partition coefficient (Wildman–Crippen LogP) is 3.53. The third-order valence-electron chi connectivity index (χ3n) is 6.58. The lowest BCUT2D eigenvalue weighted by atomic mass is 10.0. The molecule has 1 aliphatic rings. The van der Waals surface area contributed by atoms with E-state index < -0.39 is 34.3 Å². The molecule has 0 aliphatic carbocycles. The van der Waals surface area contributed by atoms with Crippen molar-refractivity contribution in [2.45, 2.75) is 32.4 Å². The van der Waals surface area contributed by atoms with Crippen LogP contribution < -0.4 is 19.1 Å². The van der Waals surface area contributed by atoms with Gasteiger partial charge in [-0.05, 0) is 41.8 Å². The molecule has 0 bridgehead atoms. The Bertz CT molecular complexity index is 1450. The van der Waals surface area contributed by atoms with E-state index >= 15 is 0 Å². The van der Waals surface area contributed by atoms with Crippen molar-refractivity contribution in [3.8, 4) is 11.5 Å². The number of benzene rings is 3. The highest BCUT2D eigenvalue weighted by atomic mass is 32.2. The van der Waals surface area contributed by atoms with E-state index in [1.54, 1.807) is 12.1 Å². The van der Waals surface area contributed by atoms with E-state index in [0.717, 1.165) is 16.1 Å². The fourth-order valence-electron chi connectivity index (χ4n) is 4.51. The molecular formula is C30H34FN3O6S. The molecule has 2 amide bonds. The third-order valence-corrected chi connectivity index (χ3v) is 7.72. The molecule has 3 aromatic carbocycles. The van der Waals surface area contributed by atoms with Crippen LogP contribution in [0.1, 0.15) is 24.5 Å². The molecule has 0 unspecified atom stereocenters. The van der Waals surface area contributed by atoms with Gasteiger partial charge in [-0.2, -0.15) is 0 Å². The van der Waals surface area contributed by atoms with Gasteiger partial charge < -0.3 is 19.7 Å². The topological polar surface area (TPSA) is 105 Å². The number of hydrogen-bond donors (Lipinski definition) is 1. The van der Waals surface area contributed by atoms with Gasteiger partial charge in [0.15, 0.2) is 11.5 Å². The van der Waals surface area contributed by atoms with Crippen molar-refractivity contribution in [1.29, 1.82) is 0 Å². The molecular weight excluding hydrogens is 549 g/mol. The van der Waals surface area contributed by atoms with Gasteiger partial charge in [-0.1, -0.05) is 49.4 Å². The van der Waals surface area contributed by atoms with Crippen molar-refractivity contribution < 1.29 is 31.9 Å². The van der Waals surface area contributed by atoms with Gasteiger partial charge in [-0.25, -0.2) is 12.8 Å². The fraction of sp³-hybridized carbons (Fsp3) is 0.333. The van der Waals surface area contributed by atoms with Crippen LogP contribution in [0.5, 0.6) is 11.5 Å². The molecule has 0 fully saturated rings. The van der Waals surface area contributed by atoms with E-state index in [4.69, 9.17) is 9.47 Å². The van der Waals surface area contributed by atoms with Crippen molar-refractivity contribution in [3.05, 3.63) is 89.7 Å². The van der Waals surface area contributed by atoms with Gasteiger partial charge in [0.05, 0.1) is 11.9 Å². The summed E-state index contributed by atoms with van der Waals surface area (Å²) in [5.74, 6) is -0.541. The number of sulfonamides is 1.